The number of nitrogens with one attached hydrogen (secondary N) is 1. The number of pyridine rings is 1. The Balaban J connectivity index is 1.94. The molecule has 3 rings (SSSR count). The first-order valence-corrected chi connectivity index (χ1v) is 11.2. The second-order valence-corrected chi connectivity index (χ2v) is 8.86. The molecular formula is C22H27N5O5S. The van der Waals surface area contributed by atoms with Crippen molar-refractivity contribution in [2.45, 2.75) is 38.1 Å². The summed E-state index contributed by atoms with van der Waals surface area (Å²) in [5, 5.41) is 15.6. The number of primary amides is 1. The highest BCUT2D eigenvalue weighted by Gasteiger charge is 2.43. The van der Waals surface area contributed by atoms with Gasteiger partial charge >= 0.3 is 6.09 Å². The van der Waals surface area contributed by atoms with Crippen molar-refractivity contribution in [1.82, 2.24) is 15.2 Å². The van der Waals surface area contributed by atoms with Gasteiger partial charge in [0.25, 0.3) is 5.69 Å². The zero-order chi connectivity index (χ0) is 24.0. The molecule has 1 aliphatic rings. The Bertz CT molecular complexity index is 1030. The van der Waals surface area contributed by atoms with Gasteiger partial charge in [-0.15, -0.1) is 0 Å². The fourth-order valence-electron chi connectivity index (χ4n) is 3.37. The number of amides is 1. The largest absolute Gasteiger partial charge is 0.447 e. The Morgan fingerprint density at radius 3 is 2.67 bits per heavy atom. The third-order valence-corrected chi connectivity index (χ3v) is 6.10. The van der Waals surface area contributed by atoms with Crippen LogP contribution in [0.5, 0.6) is 0 Å². The molecule has 0 aliphatic carbocycles. The number of nitrogens with zero attached hydrogens (tertiary/aromatic N) is 3. The fraction of sp³-hybridized carbons (Fsp3) is 0.364. The molecule has 33 heavy (non-hydrogen) atoms. The van der Waals surface area contributed by atoms with E-state index in [2.05, 4.69) is 29.0 Å². The average molecular weight is 474 g/mol. The van der Waals surface area contributed by atoms with Crippen LogP contribution in [0.2, 0.25) is 0 Å². The topological polar surface area (TPSA) is 133 Å². The summed E-state index contributed by atoms with van der Waals surface area (Å²) in [5.74, 6) is -0.828. The van der Waals surface area contributed by atoms with E-state index in [1.54, 1.807) is 24.5 Å². The molecule has 176 valence electrons. The molecule has 1 amide bonds. The number of benzene rings is 1. The third-order valence-electron chi connectivity index (χ3n) is 4.98. The molecule has 0 saturated heterocycles. The van der Waals surface area contributed by atoms with Crippen molar-refractivity contribution < 1.29 is 19.2 Å². The van der Waals surface area contributed by atoms with Crippen molar-refractivity contribution in [3.63, 3.8) is 0 Å². The van der Waals surface area contributed by atoms with E-state index in [4.69, 9.17) is 15.2 Å². The summed E-state index contributed by atoms with van der Waals surface area (Å²) in [6, 6.07) is 10.4. The van der Waals surface area contributed by atoms with E-state index in [0.29, 0.717) is 6.54 Å². The van der Waals surface area contributed by atoms with Crippen LogP contribution in [0.3, 0.4) is 0 Å². The molecule has 0 bridgehead atoms. The lowest BCUT2D eigenvalue weighted by Crippen LogP contribution is -2.52. The first-order valence-electron chi connectivity index (χ1n) is 10.4. The van der Waals surface area contributed by atoms with Gasteiger partial charge in [0, 0.05) is 48.6 Å². The number of nitro groups is 1. The highest BCUT2D eigenvalue weighted by atomic mass is 32.2. The second kappa shape index (κ2) is 10.5. The Morgan fingerprint density at radius 2 is 2.03 bits per heavy atom. The number of thioether (sulfide) groups is 1. The van der Waals surface area contributed by atoms with Crippen LogP contribution >= 0.6 is 11.8 Å². The lowest BCUT2D eigenvalue weighted by molar-refractivity contribution is -0.385. The number of nitro benzene ring substituents is 1. The zero-order valence-corrected chi connectivity index (χ0v) is 19.5. The van der Waals surface area contributed by atoms with Crippen LogP contribution < -0.4 is 11.1 Å². The van der Waals surface area contributed by atoms with Crippen molar-refractivity contribution in [2.75, 3.05) is 13.2 Å². The van der Waals surface area contributed by atoms with Crippen LogP contribution in [0.25, 0.3) is 0 Å². The number of ether oxygens (including phenoxy) is 2. The van der Waals surface area contributed by atoms with E-state index in [1.165, 1.54) is 17.8 Å². The molecule has 0 saturated carbocycles. The van der Waals surface area contributed by atoms with E-state index in [1.807, 2.05) is 25.1 Å². The van der Waals surface area contributed by atoms with Crippen molar-refractivity contribution in [1.29, 1.82) is 0 Å². The van der Waals surface area contributed by atoms with Crippen molar-refractivity contribution in [2.24, 2.45) is 11.7 Å². The fourth-order valence-corrected chi connectivity index (χ4v) is 4.67. The quantitative estimate of drug-likeness (QED) is 0.300. The van der Waals surface area contributed by atoms with E-state index in [0.717, 1.165) is 21.2 Å². The van der Waals surface area contributed by atoms with E-state index in [-0.39, 0.29) is 24.8 Å². The summed E-state index contributed by atoms with van der Waals surface area (Å²) in [4.78, 5) is 28.6. The van der Waals surface area contributed by atoms with E-state index >= 15 is 0 Å². The van der Waals surface area contributed by atoms with Gasteiger partial charge in [0.15, 0.2) is 0 Å². The number of hydrogen-bond acceptors (Lipinski definition) is 9. The summed E-state index contributed by atoms with van der Waals surface area (Å²) >= 11 is 1.43. The van der Waals surface area contributed by atoms with Crippen LogP contribution in [-0.4, -0.2) is 40.0 Å². The zero-order valence-electron chi connectivity index (χ0n) is 18.7. The van der Waals surface area contributed by atoms with Crippen molar-refractivity contribution in [3.8, 4) is 0 Å². The SMILES string of the molecule is CC(C)C1=C(Sc2cccc([N+](=O)[O-])c2)N(Cc2ccncc2)C(C)(OCCOC(N)=O)N1. The molecule has 2 aromatic rings. The Kier molecular flexibility index (Phi) is 7.77. The van der Waals surface area contributed by atoms with Crippen molar-refractivity contribution >= 4 is 23.5 Å². The number of non-ortho nitro benzene ring substituents is 1. The molecule has 0 spiro atoms. The Morgan fingerprint density at radius 1 is 1.30 bits per heavy atom. The van der Waals surface area contributed by atoms with Crippen LogP contribution in [0, 0.1) is 16.0 Å². The number of aromatic nitrogens is 1. The first-order chi connectivity index (χ1) is 15.7. The average Bonchev–Trinajstić information content (AvgIpc) is 3.04. The monoisotopic (exact) mass is 473 g/mol. The van der Waals surface area contributed by atoms with Gasteiger partial charge in [-0.25, -0.2) is 4.79 Å². The molecule has 10 nitrogen and oxygen atoms in total. The molecule has 1 aliphatic heterocycles. The molecule has 0 radical (unpaired) electrons. The maximum absolute atomic E-state index is 11.3. The predicted octanol–water partition coefficient (Wildman–Crippen LogP) is 3.80. The standard InChI is InChI=1S/C22H27N5O5S/c1-15(2)19-20(33-18-6-4-5-17(13-18)27(29)30)26(14-16-7-9-24-10-8-16)22(3,25-19)32-12-11-31-21(23)28/h4-10,13,15,25H,11-12,14H2,1-3H3,(H2,23,28). The number of carbonyl (C=O) groups excluding carboxylic acids is 1. The summed E-state index contributed by atoms with van der Waals surface area (Å²) < 4.78 is 10.9. The highest BCUT2D eigenvalue weighted by Crippen LogP contribution is 2.43. The smallest absolute Gasteiger partial charge is 0.404 e. The maximum atomic E-state index is 11.3. The Hall–Kier alpha value is -3.31. The van der Waals surface area contributed by atoms with Gasteiger partial charge in [-0.2, -0.15) is 0 Å². The minimum atomic E-state index is -0.951. The van der Waals surface area contributed by atoms with Gasteiger partial charge in [0.2, 0.25) is 5.85 Å². The minimum absolute atomic E-state index is 0.0140. The number of hydrogen-bond donors (Lipinski definition) is 2. The maximum Gasteiger partial charge on any atom is 0.404 e. The van der Waals surface area contributed by atoms with Gasteiger partial charge in [-0.3, -0.25) is 15.1 Å². The second-order valence-electron chi connectivity index (χ2n) is 7.80. The summed E-state index contributed by atoms with van der Waals surface area (Å²) in [7, 11) is 0. The predicted molar refractivity (Wildman–Crippen MR) is 124 cm³/mol. The molecular weight excluding hydrogens is 446 g/mol. The summed E-state index contributed by atoms with van der Waals surface area (Å²) in [6.45, 7) is 6.64. The first kappa shape index (κ1) is 24.3. The number of rotatable bonds is 10. The van der Waals surface area contributed by atoms with E-state index in [9.17, 15) is 14.9 Å². The molecule has 11 heteroatoms. The van der Waals surface area contributed by atoms with E-state index < -0.39 is 16.9 Å². The molecule has 1 aromatic heterocycles. The van der Waals surface area contributed by atoms with Gasteiger partial charge in [0.1, 0.15) is 6.61 Å². The molecule has 1 unspecified atom stereocenters. The lowest BCUT2D eigenvalue weighted by atomic mass is 10.1. The van der Waals surface area contributed by atoms with Crippen LogP contribution in [0.4, 0.5) is 10.5 Å². The molecule has 1 atom stereocenters. The number of carbonyl (C=O) groups is 1. The normalized spacial score (nSPS) is 17.9. The number of nitrogens with two attached hydrogens (primary N) is 1. The van der Waals surface area contributed by atoms with Crippen molar-refractivity contribution in [3.05, 3.63) is 75.2 Å². The molecule has 2 heterocycles. The van der Waals surface area contributed by atoms with Gasteiger partial charge in [-0.05, 0) is 29.7 Å². The Labute approximate surface area is 196 Å². The summed E-state index contributed by atoms with van der Waals surface area (Å²) in [6.07, 6.45) is 2.58. The van der Waals surface area contributed by atoms with Gasteiger partial charge in [-0.1, -0.05) is 31.7 Å². The van der Waals surface area contributed by atoms with Gasteiger partial charge in [0.05, 0.1) is 16.6 Å². The molecule has 1 aromatic carbocycles. The van der Waals surface area contributed by atoms with Crippen LogP contribution in [0.1, 0.15) is 26.3 Å². The van der Waals surface area contributed by atoms with Crippen LogP contribution in [-0.2, 0) is 16.0 Å². The molecule has 3 N–H and O–H groups in total. The number of allylic oxidation sites excluding steroid dienone is 1. The highest BCUT2D eigenvalue weighted by molar-refractivity contribution is 8.03. The van der Waals surface area contributed by atoms with Gasteiger partial charge < -0.3 is 25.4 Å². The lowest BCUT2D eigenvalue weighted by Gasteiger charge is -2.38. The minimum Gasteiger partial charge on any atom is -0.447 e. The molecule has 0 fully saturated rings. The third kappa shape index (κ3) is 6.14. The van der Waals surface area contributed by atoms with Crippen LogP contribution in [0.15, 0.2) is 64.4 Å². The summed E-state index contributed by atoms with van der Waals surface area (Å²) in [5.41, 5.74) is 7.03.